The largest absolute Gasteiger partial charge is 0.492 e. The zero-order chi connectivity index (χ0) is 17.1. The molecule has 1 atom stereocenters. The number of piperidine rings is 2. The predicted octanol–water partition coefficient (Wildman–Crippen LogP) is 2.91. The summed E-state index contributed by atoms with van der Waals surface area (Å²) >= 11 is 6.08. The van der Waals surface area contributed by atoms with E-state index in [1.807, 2.05) is 0 Å². The first-order chi connectivity index (χ1) is 11.6. The Balaban J connectivity index is 1.54. The molecular formula is C18H26ClFN2O2. The van der Waals surface area contributed by atoms with Gasteiger partial charge in [0.25, 0.3) is 0 Å². The molecule has 2 heterocycles. The Kier molecular flexibility index (Phi) is 5.98. The summed E-state index contributed by atoms with van der Waals surface area (Å²) in [6.07, 6.45) is 4.05. The van der Waals surface area contributed by atoms with Crippen molar-refractivity contribution in [1.29, 1.82) is 0 Å². The lowest BCUT2D eigenvalue weighted by Gasteiger charge is -2.41. The molecule has 1 unspecified atom stereocenters. The summed E-state index contributed by atoms with van der Waals surface area (Å²) in [7, 11) is 1.42. The maximum atomic E-state index is 13.9. The lowest BCUT2D eigenvalue weighted by atomic mass is 9.98. The van der Waals surface area contributed by atoms with Gasteiger partial charge in [-0.3, -0.25) is 9.80 Å². The highest BCUT2D eigenvalue weighted by Crippen LogP contribution is 2.30. The molecule has 1 aromatic rings. The minimum atomic E-state index is -0.405. The van der Waals surface area contributed by atoms with E-state index in [4.69, 9.17) is 16.3 Å². The number of benzene rings is 1. The zero-order valence-electron chi connectivity index (χ0n) is 14.2. The summed E-state index contributed by atoms with van der Waals surface area (Å²) in [6.45, 7) is 4.59. The first-order valence-electron chi connectivity index (χ1n) is 8.73. The molecule has 4 nitrogen and oxygen atoms in total. The van der Waals surface area contributed by atoms with Crippen molar-refractivity contribution in [3.63, 3.8) is 0 Å². The van der Waals surface area contributed by atoms with Crippen LogP contribution in [0.4, 0.5) is 4.39 Å². The fourth-order valence-electron chi connectivity index (χ4n) is 3.91. The molecule has 1 aromatic carbocycles. The lowest BCUT2D eigenvalue weighted by molar-refractivity contribution is 0.0243. The van der Waals surface area contributed by atoms with Gasteiger partial charge in [0.15, 0.2) is 11.6 Å². The Bertz CT molecular complexity index is 541. The average Bonchev–Trinajstić information content (AvgIpc) is 2.55. The molecule has 2 fully saturated rings. The standard InChI is InChI=1S/C18H26ClFN2O2/c1-24-18-16(19)9-13(10-17(18)20)11-21-7-4-14(5-8-21)22-6-2-3-15(23)12-22/h9-10,14-15,23H,2-8,11-12H2,1H3. The van der Waals surface area contributed by atoms with Gasteiger partial charge < -0.3 is 9.84 Å². The molecule has 2 aliphatic heterocycles. The monoisotopic (exact) mass is 356 g/mol. The van der Waals surface area contributed by atoms with Crippen LogP contribution >= 0.6 is 11.6 Å². The number of ether oxygens (including phenoxy) is 1. The predicted molar refractivity (Wildman–Crippen MR) is 93.1 cm³/mol. The maximum absolute atomic E-state index is 13.9. The van der Waals surface area contributed by atoms with Gasteiger partial charge in [-0.2, -0.15) is 0 Å². The van der Waals surface area contributed by atoms with Crippen LogP contribution in [-0.2, 0) is 6.54 Å². The Morgan fingerprint density at radius 1 is 1.25 bits per heavy atom. The summed E-state index contributed by atoms with van der Waals surface area (Å²) < 4.78 is 18.9. The van der Waals surface area contributed by atoms with E-state index in [0.717, 1.165) is 57.4 Å². The van der Waals surface area contributed by atoms with E-state index in [-0.39, 0.29) is 11.9 Å². The van der Waals surface area contributed by atoms with Crippen LogP contribution in [0.15, 0.2) is 12.1 Å². The van der Waals surface area contributed by atoms with Crippen LogP contribution in [0.3, 0.4) is 0 Å². The zero-order valence-corrected chi connectivity index (χ0v) is 14.9. The van der Waals surface area contributed by atoms with Crippen LogP contribution in [0.1, 0.15) is 31.2 Å². The summed E-state index contributed by atoms with van der Waals surface area (Å²) in [5.41, 5.74) is 0.880. The quantitative estimate of drug-likeness (QED) is 0.899. The Morgan fingerprint density at radius 2 is 2.00 bits per heavy atom. The third-order valence-corrected chi connectivity index (χ3v) is 5.45. The third kappa shape index (κ3) is 4.20. The minimum Gasteiger partial charge on any atom is -0.492 e. The molecule has 1 N–H and O–H groups in total. The minimum absolute atomic E-state index is 0.114. The smallest absolute Gasteiger partial charge is 0.173 e. The molecule has 2 aliphatic rings. The number of hydrogen-bond acceptors (Lipinski definition) is 4. The van der Waals surface area contributed by atoms with Crippen molar-refractivity contribution in [2.75, 3.05) is 33.3 Å². The van der Waals surface area contributed by atoms with Crippen molar-refractivity contribution in [2.45, 2.75) is 44.4 Å². The van der Waals surface area contributed by atoms with E-state index >= 15 is 0 Å². The molecular weight excluding hydrogens is 331 g/mol. The third-order valence-electron chi connectivity index (χ3n) is 5.17. The number of rotatable bonds is 4. The van der Waals surface area contributed by atoms with Gasteiger partial charge >= 0.3 is 0 Å². The highest BCUT2D eigenvalue weighted by Gasteiger charge is 2.28. The van der Waals surface area contributed by atoms with Gasteiger partial charge in [-0.15, -0.1) is 0 Å². The van der Waals surface area contributed by atoms with Crippen LogP contribution < -0.4 is 4.74 Å². The summed E-state index contributed by atoms with van der Waals surface area (Å²) in [6, 6.07) is 3.86. The molecule has 2 saturated heterocycles. The number of nitrogens with zero attached hydrogens (tertiary/aromatic N) is 2. The van der Waals surface area contributed by atoms with Gasteiger partial charge in [0.05, 0.1) is 18.2 Å². The Labute approximate surface area is 148 Å². The van der Waals surface area contributed by atoms with E-state index in [1.165, 1.54) is 13.2 Å². The highest BCUT2D eigenvalue weighted by molar-refractivity contribution is 6.32. The fraction of sp³-hybridized carbons (Fsp3) is 0.667. The van der Waals surface area contributed by atoms with E-state index in [9.17, 15) is 9.50 Å². The number of aliphatic hydroxyl groups excluding tert-OH is 1. The average molecular weight is 357 g/mol. The second-order valence-corrected chi connectivity index (χ2v) is 7.30. The van der Waals surface area contributed by atoms with Crippen molar-refractivity contribution in [3.8, 4) is 5.75 Å². The normalized spacial score (nSPS) is 24.2. The SMILES string of the molecule is COc1c(F)cc(CN2CCC(N3CCCC(O)C3)CC2)cc1Cl. The molecule has 0 bridgehead atoms. The van der Waals surface area contributed by atoms with Crippen molar-refractivity contribution in [3.05, 3.63) is 28.5 Å². The highest BCUT2D eigenvalue weighted by atomic mass is 35.5. The van der Waals surface area contributed by atoms with Gasteiger partial charge in [-0.25, -0.2) is 4.39 Å². The van der Waals surface area contributed by atoms with Gasteiger partial charge in [0.1, 0.15) is 0 Å². The molecule has 24 heavy (non-hydrogen) atoms. The molecule has 0 radical (unpaired) electrons. The fourth-order valence-corrected chi connectivity index (χ4v) is 4.22. The van der Waals surface area contributed by atoms with Crippen molar-refractivity contribution in [2.24, 2.45) is 0 Å². The van der Waals surface area contributed by atoms with Gasteiger partial charge in [-0.05, 0) is 63.0 Å². The second kappa shape index (κ2) is 8.00. The number of likely N-dealkylation sites (tertiary alicyclic amines) is 2. The van der Waals surface area contributed by atoms with Crippen molar-refractivity contribution < 1.29 is 14.2 Å². The van der Waals surface area contributed by atoms with Crippen LogP contribution in [0, 0.1) is 5.82 Å². The van der Waals surface area contributed by atoms with E-state index < -0.39 is 5.82 Å². The number of hydrogen-bond donors (Lipinski definition) is 1. The van der Waals surface area contributed by atoms with E-state index in [2.05, 4.69) is 9.80 Å². The molecule has 6 heteroatoms. The molecule has 0 spiro atoms. The maximum Gasteiger partial charge on any atom is 0.173 e. The summed E-state index contributed by atoms with van der Waals surface area (Å²) in [4.78, 5) is 4.78. The van der Waals surface area contributed by atoms with Crippen LogP contribution in [0.25, 0.3) is 0 Å². The first-order valence-corrected chi connectivity index (χ1v) is 9.11. The molecule has 0 aromatic heterocycles. The van der Waals surface area contributed by atoms with E-state index in [1.54, 1.807) is 6.07 Å². The Morgan fingerprint density at radius 3 is 2.62 bits per heavy atom. The molecule has 0 saturated carbocycles. The van der Waals surface area contributed by atoms with Crippen LogP contribution in [-0.4, -0.2) is 60.3 Å². The van der Waals surface area contributed by atoms with E-state index in [0.29, 0.717) is 17.6 Å². The Hall–Kier alpha value is -0.880. The molecule has 0 amide bonds. The molecule has 134 valence electrons. The van der Waals surface area contributed by atoms with Crippen LogP contribution in [0.2, 0.25) is 5.02 Å². The topological polar surface area (TPSA) is 35.9 Å². The summed E-state index contributed by atoms with van der Waals surface area (Å²) in [5.74, 6) is -0.292. The number of aliphatic hydroxyl groups is 1. The second-order valence-electron chi connectivity index (χ2n) is 6.89. The molecule has 0 aliphatic carbocycles. The van der Waals surface area contributed by atoms with Crippen molar-refractivity contribution in [1.82, 2.24) is 9.80 Å². The van der Waals surface area contributed by atoms with Crippen molar-refractivity contribution >= 4 is 11.6 Å². The first kappa shape index (κ1) is 17.9. The van der Waals surface area contributed by atoms with Crippen LogP contribution in [0.5, 0.6) is 5.75 Å². The lowest BCUT2D eigenvalue weighted by Crippen LogP contribution is -2.49. The number of halogens is 2. The number of β-amino-alcohol motifs (C(OH)–C–C–N with tert-alkyl or cyclic N) is 1. The van der Waals surface area contributed by atoms with Gasteiger partial charge in [-0.1, -0.05) is 11.6 Å². The van der Waals surface area contributed by atoms with Gasteiger partial charge in [0.2, 0.25) is 0 Å². The van der Waals surface area contributed by atoms with Gasteiger partial charge in [0, 0.05) is 19.1 Å². The summed E-state index contributed by atoms with van der Waals surface area (Å²) in [5, 5.41) is 10.2. The molecule has 3 rings (SSSR count). The number of methoxy groups -OCH3 is 1.